The van der Waals surface area contributed by atoms with Crippen molar-refractivity contribution < 1.29 is 27.9 Å². The Bertz CT molecular complexity index is 523. The summed E-state index contributed by atoms with van der Waals surface area (Å²) in [6, 6.07) is 2.92. The molecule has 6 nitrogen and oxygen atoms in total. The summed E-state index contributed by atoms with van der Waals surface area (Å²) in [5.41, 5.74) is 0.856. The minimum absolute atomic E-state index is 0.161. The van der Waals surface area contributed by atoms with Gasteiger partial charge in [-0.05, 0) is 31.5 Å². The van der Waals surface area contributed by atoms with Crippen molar-refractivity contribution in [3.63, 3.8) is 0 Å². The van der Waals surface area contributed by atoms with E-state index in [1.54, 1.807) is 13.0 Å². The van der Waals surface area contributed by atoms with Crippen LogP contribution in [0, 0.1) is 13.8 Å². The van der Waals surface area contributed by atoms with Crippen LogP contribution in [0.4, 0.5) is 0 Å². The van der Waals surface area contributed by atoms with Crippen LogP contribution in [0.15, 0.2) is 17.0 Å². The molecule has 0 aliphatic carbocycles. The van der Waals surface area contributed by atoms with Gasteiger partial charge in [0.25, 0.3) is 10.1 Å². The van der Waals surface area contributed by atoms with Crippen molar-refractivity contribution in [2.45, 2.75) is 24.8 Å². The molecule has 0 saturated carbocycles. The zero-order chi connectivity index (χ0) is 13.9. The molecule has 18 heavy (non-hydrogen) atoms. The quantitative estimate of drug-likeness (QED) is 0.667. The van der Waals surface area contributed by atoms with Gasteiger partial charge in [0.1, 0.15) is 23.4 Å². The molecule has 0 heterocycles. The maximum atomic E-state index is 11.2. The lowest BCUT2D eigenvalue weighted by atomic mass is 10.1. The SMILES string of the molecule is Cc1cc(OCC(O)CO)c(C)c(S(=O)(=O)O)c1. The average Bonchev–Trinajstić information content (AvgIpc) is 2.27. The van der Waals surface area contributed by atoms with Crippen LogP contribution in [0.3, 0.4) is 0 Å². The van der Waals surface area contributed by atoms with Crippen molar-refractivity contribution in [1.29, 1.82) is 0 Å². The van der Waals surface area contributed by atoms with Crippen LogP contribution in [0.1, 0.15) is 11.1 Å². The molecule has 0 amide bonds. The number of benzene rings is 1. The molecule has 1 rings (SSSR count). The van der Waals surface area contributed by atoms with Gasteiger partial charge < -0.3 is 14.9 Å². The molecular formula is C11H16O6S. The largest absolute Gasteiger partial charge is 0.490 e. The minimum Gasteiger partial charge on any atom is -0.490 e. The highest BCUT2D eigenvalue weighted by Gasteiger charge is 2.17. The van der Waals surface area contributed by atoms with E-state index >= 15 is 0 Å². The Morgan fingerprint density at radius 2 is 1.94 bits per heavy atom. The van der Waals surface area contributed by atoms with E-state index in [0.717, 1.165) is 0 Å². The maximum absolute atomic E-state index is 11.2. The van der Waals surface area contributed by atoms with Crippen LogP contribution < -0.4 is 4.74 Å². The summed E-state index contributed by atoms with van der Waals surface area (Å²) < 4.78 is 36.6. The maximum Gasteiger partial charge on any atom is 0.294 e. The first kappa shape index (κ1) is 14.9. The van der Waals surface area contributed by atoms with E-state index in [1.807, 2.05) is 0 Å². The van der Waals surface area contributed by atoms with Crippen molar-refractivity contribution in [2.24, 2.45) is 0 Å². The number of aliphatic hydroxyl groups is 2. The Labute approximate surface area is 106 Å². The highest BCUT2D eigenvalue weighted by molar-refractivity contribution is 7.85. The summed E-state index contributed by atoms with van der Waals surface area (Å²) in [6.07, 6.45) is -1.04. The third kappa shape index (κ3) is 3.67. The van der Waals surface area contributed by atoms with E-state index in [-0.39, 0.29) is 22.8 Å². The van der Waals surface area contributed by atoms with E-state index in [2.05, 4.69) is 0 Å². The number of hydrogen-bond donors (Lipinski definition) is 3. The van der Waals surface area contributed by atoms with Gasteiger partial charge in [-0.25, -0.2) is 0 Å². The van der Waals surface area contributed by atoms with Crippen LogP contribution in [0.2, 0.25) is 0 Å². The first-order valence-corrected chi connectivity index (χ1v) is 6.70. The van der Waals surface area contributed by atoms with Gasteiger partial charge in [-0.1, -0.05) is 0 Å². The van der Waals surface area contributed by atoms with E-state index < -0.39 is 22.8 Å². The van der Waals surface area contributed by atoms with Crippen molar-refractivity contribution in [3.05, 3.63) is 23.3 Å². The molecule has 0 saturated heterocycles. The smallest absolute Gasteiger partial charge is 0.294 e. The standard InChI is InChI=1S/C11H16O6S/c1-7-3-10(17-6-9(13)5-12)8(2)11(4-7)18(14,15)16/h3-4,9,12-13H,5-6H2,1-2H3,(H,14,15,16). The third-order valence-corrected chi connectivity index (χ3v) is 3.36. The molecule has 0 bridgehead atoms. The highest BCUT2D eigenvalue weighted by atomic mass is 32.2. The second-order valence-electron chi connectivity index (χ2n) is 4.01. The van der Waals surface area contributed by atoms with E-state index in [0.29, 0.717) is 5.56 Å². The molecule has 7 heteroatoms. The zero-order valence-corrected chi connectivity index (χ0v) is 10.9. The Hall–Kier alpha value is -1.15. The number of hydrogen-bond acceptors (Lipinski definition) is 5. The molecule has 0 radical (unpaired) electrons. The molecule has 1 unspecified atom stereocenters. The summed E-state index contributed by atoms with van der Waals surface area (Å²) >= 11 is 0. The van der Waals surface area contributed by atoms with Crippen molar-refractivity contribution in [1.82, 2.24) is 0 Å². The van der Waals surface area contributed by atoms with Gasteiger partial charge in [-0.2, -0.15) is 8.42 Å². The molecule has 0 fully saturated rings. The highest BCUT2D eigenvalue weighted by Crippen LogP contribution is 2.27. The summed E-state index contributed by atoms with van der Waals surface area (Å²) in [7, 11) is -4.31. The number of aliphatic hydroxyl groups excluding tert-OH is 2. The molecular weight excluding hydrogens is 260 g/mol. The molecule has 1 aromatic rings. The second-order valence-corrected chi connectivity index (χ2v) is 5.40. The topological polar surface area (TPSA) is 104 Å². The molecule has 0 spiro atoms. The normalized spacial score (nSPS) is 13.4. The van der Waals surface area contributed by atoms with Gasteiger partial charge in [0, 0.05) is 5.56 Å². The predicted octanol–water partition coefficient (Wildman–Crippen LogP) is 0.282. The molecule has 1 aromatic carbocycles. The lowest BCUT2D eigenvalue weighted by molar-refractivity contribution is 0.0533. The fourth-order valence-corrected chi connectivity index (χ4v) is 2.27. The van der Waals surface area contributed by atoms with Gasteiger partial charge in [-0.3, -0.25) is 4.55 Å². The lowest BCUT2D eigenvalue weighted by Gasteiger charge is -2.14. The third-order valence-electron chi connectivity index (χ3n) is 2.38. The average molecular weight is 276 g/mol. The summed E-state index contributed by atoms with van der Waals surface area (Å²) in [4.78, 5) is -0.226. The van der Waals surface area contributed by atoms with Crippen molar-refractivity contribution >= 4 is 10.1 Å². The van der Waals surface area contributed by atoms with Gasteiger partial charge in [0.2, 0.25) is 0 Å². The van der Waals surface area contributed by atoms with Gasteiger partial charge in [0.15, 0.2) is 0 Å². The molecule has 0 aliphatic rings. The van der Waals surface area contributed by atoms with Crippen molar-refractivity contribution in [2.75, 3.05) is 13.2 Å². The minimum atomic E-state index is -4.31. The van der Waals surface area contributed by atoms with Crippen LogP contribution in [-0.2, 0) is 10.1 Å². The van der Waals surface area contributed by atoms with Crippen LogP contribution in [-0.4, -0.2) is 42.5 Å². The lowest BCUT2D eigenvalue weighted by Crippen LogP contribution is -2.21. The second kappa shape index (κ2) is 5.66. The first-order chi connectivity index (χ1) is 8.25. The van der Waals surface area contributed by atoms with E-state index in [1.165, 1.54) is 13.0 Å². The van der Waals surface area contributed by atoms with Gasteiger partial charge in [-0.15, -0.1) is 0 Å². The number of aryl methyl sites for hydroxylation is 1. The summed E-state index contributed by atoms with van der Waals surface area (Å²) in [5.74, 6) is 0.245. The number of rotatable bonds is 5. The molecule has 1 atom stereocenters. The molecule has 102 valence electrons. The zero-order valence-electron chi connectivity index (χ0n) is 10.1. The molecule has 0 aliphatic heterocycles. The Kier molecular flexibility index (Phi) is 4.69. The molecule has 3 N–H and O–H groups in total. The van der Waals surface area contributed by atoms with E-state index in [9.17, 15) is 8.42 Å². The van der Waals surface area contributed by atoms with Crippen LogP contribution in [0.5, 0.6) is 5.75 Å². The Balaban J connectivity index is 3.10. The van der Waals surface area contributed by atoms with Crippen LogP contribution in [0.25, 0.3) is 0 Å². The molecule has 0 aromatic heterocycles. The van der Waals surface area contributed by atoms with E-state index in [4.69, 9.17) is 19.5 Å². The summed E-state index contributed by atoms with van der Waals surface area (Å²) in [5, 5.41) is 17.8. The first-order valence-electron chi connectivity index (χ1n) is 5.26. The van der Waals surface area contributed by atoms with Gasteiger partial charge >= 0.3 is 0 Å². The van der Waals surface area contributed by atoms with Crippen molar-refractivity contribution in [3.8, 4) is 5.75 Å². The predicted molar refractivity (Wildman–Crippen MR) is 64.3 cm³/mol. The fourth-order valence-electron chi connectivity index (χ4n) is 1.45. The summed E-state index contributed by atoms with van der Waals surface area (Å²) in [6.45, 7) is 2.54. The Morgan fingerprint density at radius 1 is 1.33 bits per heavy atom. The van der Waals surface area contributed by atoms with Crippen LogP contribution >= 0.6 is 0 Å². The Morgan fingerprint density at radius 3 is 2.44 bits per heavy atom. The monoisotopic (exact) mass is 276 g/mol. The van der Waals surface area contributed by atoms with Gasteiger partial charge in [0.05, 0.1) is 6.61 Å². The number of ether oxygens (including phenoxy) is 1. The fraction of sp³-hybridized carbons (Fsp3) is 0.455.